The third-order valence-electron chi connectivity index (χ3n) is 4.55. The van der Waals surface area contributed by atoms with Crippen LogP contribution in [0.15, 0.2) is 53.7 Å². The van der Waals surface area contributed by atoms with E-state index >= 15 is 0 Å². The van der Waals surface area contributed by atoms with Gasteiger partial charge < -0.3 is 14.5 Å². The molecule has 1 aliphatic rings. The van der Waals surface area contributed by atoms with Crippen molar-refractivity contribution in [3.8, 4) is 5.75 Å². The van der Waals surface area contributed by atoms with Crippen molar-refractivity contribution in [1.82, 2.24) is 4.90 Å². The number of carbonyl (C=O) groups is 1. The summed E-state index contributed by atoms with van der Waals surface area (Å²) in [6.45, 7) is 3.40. The van der Waals surface area contributed by atoms with Gasteiger partial charge in [0.15, 0.2) is 0 Å². The highest BCUT2D eigenvalue weighted by Crippen LogP contribution is 2.33. The van der Waals surface area contributed by atoms with Crippen LogP contribution in [0.4, 0.5) is 0 Å². The summed E-state index contributed by atoms with van der Waals surface area (Å²) in [6, 6.07) is 15.6. The molecule has 1 saturated heterocycles. The highest BCUT2D eigenvalue weighted by Gasteiger charge is 2.30. The van der Waals surface area contributed by atoms with Gasteiger partial charge in [0.2, 0.25) is 0 Å². The van der Waals surface area contributed by atoms with Gasteiger partial charge >= 0.3 is 0 Å². The van der Waals surface area contributed by atoms with E-state index in [1.165, 1.54) is 7.11 Å². The van der Waals surface area contributed by atoms with Crippen molar-refractivity contribution in [2.24, 2.45) is 5.16 Å². The van der Waals surface area contributed by atoms with Crippen LogP contribution in [-0.2, 0) is 4.84 Å². The van der Waals surface area contributed by atoms with Crippen LogP contribution in [0, 0.1) is 0 Å². The molecule has 1 heterocycles. The molecular weight excluding hydrogens is 328 g/mol. The summed E-state index contributed by atoms with van der Waals surface area (Å²) >= 11 is 0. The van der Waals surface area contributed by atoms with E-state index in [4.69, 9.17) is 4.74 Å². The molecule has 0 aliphatic carbocycles. The van der Waals surface area contributed by atoms with Gasteiger partial charge in [-0.2, -0.15) is 0 Å². The molecule has 2 aromatic rings. The van der Waals surface area contributed by atoms with Gasteiger partial charge in [-0.25, -0.2) is 0 Å². The molecule has 0 radical (unpaired) electrons. The Morgan fingerprint density at radius 3 is 2.58 bits per heavy atom. The molecule has 0 aromatic heterocycles. The zero-order chi connectivity index (χ0) is 18.4. The highest BCUT2D eigenvalue weighted by atomic mass is 16.6. The van der Waals surface area contributed by atoms with Crippen molar-refractivity contribution in [2.45, 2.75) is 25.8 Å². The first-order chi connectivity index (χ1) is 12.7. The number of benzene rings is 2. The summed E-state index contributed by atoms with van der Waals surface area (Å²) < 4.78 is 5.51. The number of rotatable bonds is 6. The lowest BCUT2D eigenvalue weighted by Gasteiger charge is -2.25. The molecule has 2 aromatic carbocycles. The number of hydrogen-bond donors (Lipinski definition) is 0. The maximum absolute atomic E-state index is 13.0. The summed E-state index contributed by atoms with van der Waals surface area (Å²) in [6.07, 6.45) is 3.62. The highest BCUT2D eigenvalue weighted by molar-refractivity contribution is 5.95. The lowest BCUT2D eigenvalue weighted by molar-refractivity contribution is 0.0735. The van der Waals surface area contributed by atoms with Gasteiger partial charge in [-0.05, 0) is 55.2 Å². The average molecular weight is 352 g/mol. The standard InChI is InChI=1S/C21H24N2O3/c1-3-26-19-12-10-17(11-13-19)20-5-4-14-23(20)21(24)18-8-6-16(7-9-18)15-22-25-2/h6-13,15,20H,3-5,14H2,1-2H3/b22-15+. The van der Waals surface area contributed by atoms with Crippen molar-refractivity contribution < 1.29 is 14.4 Å². The largest absolute Gasteiger partial charge is 0.494 e. The van der Waals surface area contributed by atoms with Crippen LogP contribution in [0.2, 0.25) is 0 Å². The minimum Gasteiger partial charge on any atom is -0.494 e. The average Bonchev–Trinajstić information content (AvgIpc) is 3.17. The Hall–Kier alpha value is -2.82. The minimum absolute atomic E-state index is 0.0663. The van der Waals surface area contributed by atoms with E-state index in [1.54, 1.807) is 6.21 Å². The Balaban J connectivity index is 1.74. The van der Waals surface area contributed by atoms with Crippen molar-refractivity contribution in [3.63, 3.8) is 0 Å². The maximum Gasteiger partial charge on any atom is 0.254 e. The number of ether oxygens (including phenoxy) is 1. The predicted octanol–water partition coefficient (Wildman–Crippen LogP) is 4.04. The second-order valence-electron chi connectivity index (χ2n) is 6.20. The molecular formula is C21H24N2O3. The molecule has 0 saturated carbocycles. The number of carbonyl (C=O) groups excluding carboxylic acids is 1. The molecule has 1 fully saturated rings. The van der Waals surface area contributed by atoms with E-state index in [0.717, 1.165) is 36.3 Å². The van der Waals surface area contributed by atoms with Crippen LogP contribution < -0.4 is 4.74 Å². The second kappa shape index (κ2) is 8.52. The van der Waals surface area contributed by atoms with Crippen LogP contribution >= 0.6 is 0 Å². The van der Waals surface area contributed by atoms with Crippen LogP contribution in [0.25, 0.3) is 0 Å². The van der Waals surface area contributed by atoms with Crippen molar-refractivity contribution in [2.75, 3.05) is 20.3 Å². The second-order valence-corrected chi connectivity index (χ2v) is 6.20. The molecule has 1 amide bonds. The van der Waals surface area contributed by atoms with Gasteiger partial charge in [-0.1, -0.05) is 29.4 Å². The molecule has 1 unspecified atom stereocenters. The first-order valence-electron chi connectivity index (χ1n) is 8.93. The summed E-state index contributed by atoms with van der Waals surface area (Å²) in [5.41, 5.74) is 2.74. The summed E-state index contributed by atoms with van der Waals surface area (Å²) in [5, 5.41) is 3.74. The first kappa shape index (κ1) is 18.0. The van der Waals surface area contributed by atoms with Crippen LogP contribution in [0.5, 0.6) is 5.75 Å². The van der Waals surface area contributed by atoms with Gasteiger partial charge in [0.05, 0.1) is 18.9 Å². The molecule has 136 valence electrons. The van der Waals surface area contributed by atoms with E-state index in [0.29, 0.717) is 12.2 Å². The topological polar surface area (TPSA) is 51.1 Å². The number of nitrogens with zero attached hydrogens (tertiary/aromatic N) is 2. The van der Waals surface area contributed by atoms with E-state index in [1.807, 2.05) is 48.2 Å². The SMILES string of the molecule is CCOc1ccc(C2CCCN2C(=O)c2ccc(/C=N/OC)cc2)cc1. The smallest absolute Gasteiger partial charge is 0.254 e. The fourth-order valence-electron chi connectivity index (χ4n) is 3.30. The molecule has 3 rings (SSSR count). The lowest BCUT2D eigenvalue weighted by atomic mass is 10.0. The molecule has 1 atom stereocenters. The molecule has 5 heteroatoms. The van der Waals surface area contributed by atoms with Gasteiger partial charge in [-0.3, -0.25) is 4.79 Å². The van der Waals surface area contributed by atoms with Gasteiger partial charge in [-0.15, -0.1) is 0 Å². The number of likely N-dealkylation sites (tertiary alicyclic amines) is 1. The monoisotopic (exact) mass is 352 g/mol. The van der Waals surface area contributed by atoms with Gasteiger partial charge in [0.25, 0.3) is 5.91 Å². The first-order valence-corrected chi connectivity index (χ1v) is 8.93. The third-order valence-corrected chi connectivity index (χ3v) is 4.55. The zero-order valence-electron chi connectivity index (χ0n) is 15.2. The Kier molecular flexibility index (Phi) is 5.89. The Morgan fingerprint density at radius 1 is 1.19 bits per heavy atom. The normalized spacial score (nSPS) is 16.8. The number of oxime groups is 1. The lowest BCUT2D eigenvalue weighted by Crippen LogP contribution is -2.30. The molecule has 26 heavy (non-hydrogen) atoms. The Bertz CT molecular complexity index is 754. The minimum atomic E-state index is 0.0663. The molecule has 1 aliphatic heterocycles. The van der Waals surface area contributed by atoms with E-state index < -0.39 is 0 Å². The molecule has 0 N–H and O–H groups in total. The van der Waals surface area contributed by atoms with Crippen molar-refractivity contribution >= 4 is 12.1 Å². The number of hydrogen-bond acceptors (Lipinski definition) is 4. The maximum atomic E-state index is 13.0. The van der Waals surface area contributed by atoms with Crippen molar-refractivity contribution in [1.29, 1.82) is 0 Å². The van der Waals surface area contributed by atoms with Gasteiger partial charge in [0.1, 0.15) is 12.9 Å². The van der Waals surface area contributed by atoms with Crippen LogP contribution in [-0.4, -0.2) is 37.3 Å². The van der Waals surface area contributed by atoms with Crippen LogP contribution in [0.3, 0.4) is 0 Å². The van der Waals surface area contributed by atoms with Crippen molar-refractivity contribution in [3.05, 3.63) is 65.2 Å². The fourth-order valence-corrected chi connectivity index (χ4v) is 3.30. The van der Waals surface area contributed by atoms with E-state index in [2.05, 4.69) is 22.1 Å². The Morgan fingerprint density at radius 2 is 1.92 bits per heavy atom. The molecule has 0 bridgehead atoms. The summed E-state index contributed by atoms with van der Waals surface area (Å²) in [4.78, 5) is 19.6. The summed E-state index contributed by atoms with van der Waals surface area (Å²) in [5.74, 6) is 0.928. The molecule has 0 spiro atoms. The van der Waals surface area contributed by atoms with Crippen LogP contribution in [0.1, 0.15) is 47.3 Å². The van der Waals surface area contributed by atoms with E-state index in [-0.39, 0.29) is 11.9 Å². The quantitative estimate of drug-likeness (QED) is 0.582. The van der Waals surface area contributed by atoms with Gasteiger partial charge in [0, 0.05) is 12.1 Å². The fraction of sp³-hybridized carbons (Fsp3) is 0.333. The Labute approximate surface area is 154 Å². The molecule has 5 nitrogen and oxygen atoms in total. The van der Waals surface area contributed by atoms with E-state index in [9.17, 15) is 4.79 Å². The predicted molar refractivity (Wildman–Crippen MR) is 102 cm³/mol. The number of amides is 1. The zero-order valence-corrected chi connectivity index (χ0v) is 15.2. The third kappa shape index (κ3) is 4.04. The summed E-state index contributed by atoms with van der Waals surface area (Å²) in [7, 11) is 1.50.